The van der Waals surface area contributed by atoms with Crippen LogP contribution in [0.2, 0.25) is 0 Å². The van der Waals surface area contributed by atoms with Crippen LogP contribution in [0, 0.1) is 0 Å². The Labute approximate surface area is 205 Å². The molecule has 0 aliphatic carbocycles. The number of fused-ring (bicyclic) bond motifs is 2. The molecule has 1 aliphatic rings. The van der Waals surface area contributed by atoms with Crippen LogP contribution in [-0.2, 0) is 6.54 Å². The van der Waals surface area contributed by atoms with Gasteiger partial charge < -0.3 is 14.3 Å². The van der Waals surface area contributed by atoms with E-state index in [-0.39, 0.29) is 5.56 Å². The molecule has 6 rings (SSSR count). The standard InChI is InChI=1S/C27H23N3O4S/c31-26(32)22-8-11-28-25-24(22)35-27(29-25)34-20-6-7-21-19(16-33-23(21)14-20)15-30-12-9-18(10-13-30)17-4-2-1-3-5-17/h1-8,11,14,16,18H,9-10,12-13,15H2,(H,31,32). The van der Waals surface area contributed by atoms with Gasteiger partial charge in [0.1, 0.15) is 11.3 Å². The van der Waals surface area contributed by atoms with Gasteiger partial charge in [0.2, 0.25) is 0 Å². The third kappa shape index (κ3) is 4.38. The second kappa shape index (κ2) is 9.13. The highest BCUT2D eigenvalue weighted by Crippen LogP contribution is 2.35. The number of pyridine rings is 1. The maximum atomic E-state index is 11.4. The third-order valence-electron chi connectivity index (χ3n) is 6.59. The Morgan fingerprint density at radius 1 is 1.14 bits per heavy atom. The first-order valence-electron chi connectivity index (χ1n) is 11.6. The summed E-state index contributed by atoms with van der Waals surface area (Å²) in [7, 11) is 0. The van der Waals surface area contributed by atoms with Crippen molar-refractivity contribution < 1.29 is 19.1 Å². The van der Waals surface area contributed by atoms with Crippen molar-refractivity contribution in [3.05, 3.63) is 83.7 Å². The maximum Gasteiger partial charge on any atom is 0.337 e. The van der Waals surface area contributed by atoms with Crippen molar-refractivity contribution in [2.75, 3.05) is 13.1 Å². The molecule has 0 bridgehead atoms. The Balaban J connectivity index is 1.15. The largest absolute Gasteiger partial charge is 0.478 e. The van der Waals surface area contributed by atoms with Crippen molar-refractivity contribution in [1.82, 2.24) is 14.9 Å². The lowest BCUT2D eigenvalue weighted by Crippen LogP contribution is -2.32. The predicted molar refractivity (Wildman–Crippen MR) is 134 cm³/mol. The fourth-order valence-corrected chi connectivity index (χ4v) is 5.67. The highest BCUT2D eigenvalue weighted by Gasteiger charge is 2.22. The van der Waals surface area contributed by atoms with Crippen molar-refractivity contribution in [3.8, 4) is 10.9 Å². The van der Waals surface area contributed by atoms with E-state index in [1.807, 2.05) is 24.5 Å². The van der Waals surface area contributed by atoms with Crippen molar-refractivity contribution in [1.29, 1.82) is 0 Å². The zero-order chi connectivity index (χ0) is 23.8. The number of carboxylic acids is 1. The molecule has 0 atom stereocenters. The average Bonchev–Trinajstić information content (AvgIpc) is 3.48. The highest BCUT2D eigenvalue weighted by atomic mass is 32.1. The summed E-state index contributed by atoms with van der Waals surface area (Å²) in [5, 5.41) is 10.8. The molecule has 2 aromatic carbocycles. The van der Waals surface area contributed by atoms with Crippen LogP contribution in [0.1, 0.15) is 40.2 Å². The van der Waals surface area contributed by atoms with E-state index in [0.717, 1.165) is 30.6 Å². The van der Waals surface area contributed by atoms with E-state index in [4.69, 9.17) is 9.15 Å². The number of rotatable bonds is 6. The van der Waals surface area contributed by atoms with E-state index in [2.05, 4.69) is 45.2 Å². The lowest BCUT2D eigenvalue weighted by molar-refractivity contribution is 0.0699. The van der Waals surface area contributed by atoms with Crippen LogP contribution >= 0.6 is 11.3 Å². The molecule has 0 amide bonds. The molecule has 1 aliphatic heterocycles. The summed E-state index contributed by atoms with van der Waals surface area (Å²) in [5.41, 5.74) is 3.89. The van der Waals surface area contributed by atoms with E-state index >= 15 is 0 Å². The third-order valence-corrected chi connectivity index (χ3v) is 7.54. The van der Waals surface area contributed by atoms with E-state index in [1.165, 1.54) is 47.6 Å². The Kier molecular flexibility index (Phi) is 5.67. The molecule has 1 fully saturated rings. The van der Waals surface area contributed by atoms with E-state index in [1.54, 1.807) is 0 Å². The molecule has 8 heteroatoms. The average molecular weight is 486 g/mol. The number of ether oxygens (including phenoxy) is 1. The van der Waals surface area contributed by atoms with Crippen LogP contribution in [-0.4, -0.2) is 39.0 Å². The van der Waals surface area contributed by atoms with E-state index in [0.29, 0.717) is 27.2 Å². The Bertz CT molecular complexity index is 1500. The summed E-state index contributed by atoms with van der Waals surface area (Å²) in [4.78, 5) is 22.4. The summed E-state index contributed by atoms with van der Waals surface area (Å²) < 4.78 is 12.3. The van der Waals surface area contributed by atoms with Crippen LogP contribution in [0.5, 0.6) is 10.9 Å². The number of carboxylic acid groups (broad SMARTS) is 1. The molecule has 0 unspecified atom stereocenters. The molecular weight excluding hydrogens is 462 g/mol. The van der Waals surface area contributed by atoms with Crippen LogP contribution in [0.3, 0.4) is 0 Å². The topological polar surface area (TPSA) is 88.7 Å². The van der Waals surface area contributed by atoms with E-state index < -0.39 is 5.97 Å². The minimum atomic E-state index is -1.01. The summed E-state index contributed by atoms with van der Waals surface area (Å²) in [6, 6.07) is 18.0. The Hall–Kier alpha value is -3.75. The second-order valence-corrected chi connectivity index (χ2v) is 9.74. The molecule has 0 spiro atoms. The highest BCUT2D eigenvalue weighted by molar-refractivity contribution is 7.20. The number of piperidine rings is 1. The summed E-state index contributed by atoms with van der Waals surface area (Å²) in [6.07, 6.45) is 5.60. The van der Waals surface area contributed by atoms with Crippen molar-refractivity contribution in [3.63, 3.8) is 0 Å². The first-order chi connectivity index (χ1) is 17.1. The first-order valence-corrected chi connectivity index (χ1v) is 12.4. The summed E-state index contributed by atoms with van der Waals surface area (Å²) in [6.45, 7) is 2.99. The van der Waals surface area contributed by atoms with Crippen LogP contribution in [0.4, 0.5) is 0 Å². The molecule has 5 aromatic rings. The SMILES string of the molecule is O=C(O)c1ccnc2nc(Oc3ccc4c(CN5CCC(c6ccccc6)CC5)coc4c3)sc12. The smallest absolute Gasteiger partial charge is 0.337 e. The van der Waals surface area contributed by atoms with Crippen molar-refractivity contribution >= 4 is 38.6 Å². The molecule has 0 saturated carbocycles. The molecule has 1 saturated heterocycles. The lowest BCUT2D eigenvalue weighted by atomic mass is 9.89. The molecule has 3 aromatic heterocycles. The van der Waals surface area contributed by atoms with Gasteiger partial charge in [0, 0.05) is 29.8 Å². The second-order valence-electron chi connectivity index (χ2n) is 8.78. The van der Waals surface area contributed by atoms with Gasteiger partial charge in [0.05, 0.1) is 16.5 Å². The van der Waals surface area contributed by atoms with Gasteiger partial charge in [-0.2, -0.15) is 4.98 Å². The number of hydrogen-bond donors (Lipinski definition) is 1. The monoisotopic (exact) mass is 485 g/mol. The number of hydrogen-bond acceptors (Lipinski definition) is 7. The van der Waals surface area contributed by atoms with Crippen LogP contribution in [0.15, 0.2) is 71.5 Å². The van der Waals surface area contributed by atoms with Crippen molar-refractivity contribution in [2.24, 2.45) is 0 Å². The predicted octanol–water partition coefficient (Wildman–Crippen LogP) is 6.31. The summed E-state index contributed by atoms with van der Waals surface area (Å²) in [5.74, 6) is 0.206. The fraction of sp³-hybridized carbons (Fsp3) is 0.222. The maximum absolute atomic E-state index is 11.4. The molecule has 4 heterocycles. The van der Waals surface area contributed by atoms with Gasteiger partial charge in [-0.15, -0.1) is 0 Å². The quantitative estimate of drug-likeness (QED) is 0.302. The molecule has 176 valence electrons. The van der Waals surface area contributed by atoms with Gasteiger partial charge in [-0.05, 0) is 55.6 Å². The number of aromatic nitrogens is 2. The molecule has 1 N–H and O–H groups in total. The summed E-state index contributed by atoms with van der Waals surface area (Å²) >= 11 is 1.17. The van der Waals surface area contributed by atoms with Gasteiger partial charge in [-0.3, -0.25) is 4.90 Å². The van der Waals surface area contributed by atoms with Gasteiger partial charge in [-0.1, -0.05) is 41.7 Å². The molecule has 0 radical (unpaired) electrons. The number of likely N-dealkylation sites (tertiary alicyclic amines) is 1. The van der Waals surface area contributed by atoms with Crippen molar-refractivity contribution in [2.45, 2.75) is 25.3 Å². The van der Waals surface area contributed by atoms with Gasteiger partial charge in [0.25, 0.3) is 5.19 Å². The van der Waals surface area contributed by atoms with Crippen LogP contribution < -0.4 is 4.74 Å². The zero-order valence-corrected chi connectivity index (χ0v) is 19.7. The normalized spacial score (nSPS) is 15.1. The first kappa shape index (κ1) is 21.8. The van der Waals surface area contributed by atoms with Gasteiger partial charge in [-0.25, -0.2) is 9.78 Å². The number of benzene rings is 2. The van der Waals surface area contributed by atoms with E-state index in [9.17, 15) is 9.90 Å². The Morgan fingerprint density at radius 3 is 2.77 bits per heavy atom. The minimum Gasteiger partial charge on any atom is -0.478 e. The Morgan fingerprint density at radius 2 is 1.97 bits per heavy atom. The number of aromatic carboxylic acids is 1. The number of nitrogens with zero attached hydrogens (tertiary/aromatic N) is 3. The van der Waals surface area contributed by atoms with Gasteiger partial charge >= 0.3 is 5.97 Å². The molecule has 7 nitrogen and oxygen atoms in total. The van der Waals surface area contributed by atoms with Gasteiger partial charge in [0.15, 0.2) is 5.65 Å². The number of thiazole rings is 1. The molecular formula is C27H23N3O4S. The fourth-order valence-electron chi connectivity index (χ4n) is 4.77. The lowest BCUT2D eigenvalue weighted by Gasteiger charge is -2.32. The molecule has 35 heavy (non-hydrogen) atoms. The number of carbonyl (C=O) groups is 1. The van der Waals surface area contributed by atoms with Crippen LogP contribution in [0.25, 0.3) is 21.3 Å². The number of furan rings is 1. The minimum absolute atomic E-state index is 0.168. The zero-order valence-electron chi connectivity index (χ0n) is 18.9.